The first-order valence-corrected chi connectivity index (χ1v) is 6.98. The SMILES string of the molecule is CCc1cc(C(O)c2ccccc2F)cc2c1NC(=O)C2. The van der Waals surface area contributed by atoms with E-state index in [1.807, 2.05) is 13.0 Å². The van der Waals surface area contributed by atoms with E-state index >= 15 is 0 Å². The number of fused-ring (bicyclic) bond motifs is 1. The monoisotopic (exact) mass is 285 g/mol. The molecule has 0 spiro atoms. The summed E-state index contributed by atoms with van der Waals surface area (Å²) in [6, 6.07) is 9.81. The number of hydrogen-bond acceptors (Lipinski definition) is 2. The van der Waals surface area contributed by atoms with Crippen LogP contribution in [0.25, 0.3) is 0 Å². The van der Waals surface area contributed by atoms with Crippen LogP contribution in [0.5, 0.6) is 0 Å². The van der Waals surface area contributed by atoms with E-state index in [4.69, 9.17) is 0 Å². The van der Waals surface area contributed by atoms with Crippen molar-refractivity contribution in [1.82, 2.24) is 0 Å². The lowest BCUT2D eigenvalue weighted by molar-refractivity contribution is -0.115. The quantitative estimate of drug-likeness (QED) is 0.911. The smallest absolute Gasteiger partial charge is 0.228 e. The summed E-state index contributed by atoms with van der Waals surface area (Å²) in [5.41, 5.74) is 3.53. The summed E-state index contributed by atoms with van der Waals surface area (Å²) < 4.78 is 13.8. The van der Waals surface area contributed by atoms with Gasteiger partial charge < -0.3 is 10.4 Å². The molecule has 1 atom stereocenters. The van der Waals surface area contributed by atoms with E-state index in [0.29, 0.717) is 12.0 Å². The van der Waals surface area contributed by atoms with Gasteiger partial charge in [0.2, 0.25) is 5.91 Å². The number of hydrogen-bond donors (Lipinski definition) is 2. The molecule has 1 amide bonds. The highest BCUT2D eigenvalue weighted by molar-refractivity contribution is 6.00. The predicted octanol–water partition coefficient (Wildman–Crippen LogP) is 2.96. The van der Waals surface area contributed by atoms with E-state index in [1.54, 1.807) is 24.3 Å². The van der Waals surface area contributed by atoms with Crippen LogP contribution in [-0.2, 0) is 17.6 Å². The number of anilines is 1. The number of nitrogens with one attached hydrogen (secondary N) is 1. The molecule has 3 rings (SSSR count). The molecular formula is C17H16FNO2. The Kier molecular flexibility index (Phi) is 3.47. The van der Waals surface area contributed by atoms with Gasteiger partial charge in [0.1, 0.15) is 11.9 Å². The molecule has 21 heavy (non-hydrogen) atoms. The minimum absolute atomic E-state index is 0.0442. The summed E-state index contributed by atoms with van der Waals surface area (Å²) in [6.07, 6.45) is 0.0122. The van der Waals surface area contributed by atoms with Gasteiger partial charge in [-0.2, -0.15) is 0 Å². The first-order valence-electron chi connectivity index (χ1n) is 6.98. The molecule has 1 unspecified atom stereocenters. The molecule has 2 aromatic rings. The number of halogens is 1. The van der Waals surface area contributed by atoms with Gasteiger partial charge in [-0.25, -0.2) is 4.39 Å². The van der Waals surface area contributed by atoms with Crippen LogP contribution in [0.15, 0.2) is 36.4 Å². The van der Waals surface area contributed by atoms with E-state index in [9.17, 15) is 14.3 Å². The second-order valence-electron chi connectivity index (χ2n) is 5.22. The summed E-state index contributed by atoms with van der Waals surface area (Å²) in [6.45, 7) is 1.99. The van der Waals surface area contributed by atoms with Crippen molar-refractivity contribution in [2.75, 3.05) is 5.32 Å². The third kappa shape index (κ3) is 2.43. The maximum atomic E-state index is 13.8. The van der Waals surface area contributed by atoms with Crippen LogP contribution in [0.4, 0.5) is 10.1 Å². The van der Waals surface area contributed by atoms with Gasteiger partial charge in [-0.3, -0.25) is 4.79 Å². The molecule has 0 radical (unpaired) electrons. The number of aliphatic hydroxyl groups excluding tert-OH is 1. The molecule has 1 aliphatic heterocycles. The van der Waals surface area contributed by atoms with Crippen molar-refractivity contribution in [3.05, 3.63) is 64.5 Å². The zero-order valence-electron chi connectivity index (χ0n) is 11.7. The molecule has 3 nitrogen and oxygen atoms in total. The predicted molar refractivity (Wildman–Crippen MR) is 78.6 cm³/mol. The lowest BCUT2D eigenvalue weighted by atomic mass is 9.95. The number of carbonyl (C=O) groups is 1. The highest BCUT2D eigenvalue weighted by Gasteiger charge is 2.23. The lowest BCUT2D eigenvalue weighted by Gasteiger charge is -2.16. The third-order valence-corrected chi connectivity index (χ3v) is 3.84. The van der Waals surface area contributed by atoms with Crippen LogP contribution in [0.3, 0.4) is 0 Å². The van der Waals surface area contributed by atoms with E-state index in [0.717, 1.165) is 23.2 Å². The molecular weight excluding hydrogens is 269 g/mol. The Morgan fingerprint density at radius 1 is 1.33 bits per heavy atom. The summed E-state index contributed by atoms with van der Waals surface area (Å²) >= 11 is 0. The van der Waals surface area contributed by atoms with Gasteiger partial charge in [0.15, 0.2) is 0 Å². The van der Waals surface area contributed by atoms with Crippen LogP contribution in [0.1, 0.15) is 35.3 Å². The normalized spacial score (nSPS) is 14.7. The Bertz CT molecular complexity index is 712. The summed E-state index contributed by atoms with van der Waals surface area (Å²) in [5, 5.41) is 13.3. The number of amides is 1. The molecule has 0 fully saturated rings. The topological polar surface area (TPSA) is 49.3 Å². The third-order valence-electron chi connectivity index (χ3n) is 3.84. The van der Waals surface area contributed by atoms with Crippen molar-refractivity contribution in [3.63, 3.8) is 0 Å². The largest absolute Gasteiger partial charge is 0.384 e. The van der Waals surface area contributed by atoms with Gasteiger partial charge in [-0.05, 0) is 29.2 Å². The van der Waals surface area contributed by atoms with Crippen LogP contribution in [0, 0.1) is 5.82 Å². The number of carbonyl (C=O) groups excluding carboxylic acids is 1. The van der Waals surface area contributed by atoms with Gasteiger partial charge in [-0.1, -0.05) is 37.3 Å². The standard InChI is InChI=1S/C17H16FNO2/c1-2-10-7-12(8-11-9-15(20)19-16(10)11)17(21)13-5-3-4-6-14(13)18/h3-8,17,21H,2,9H2,1H3,(H,19,20). The van der Waals surface area contributed by atoms with Crippen molar-refractivity contribution in [3.8, 4) is 0 Å². The van der Waals surface area contributed by atoms with Gasteiger partial charge in [0.05, 0.1) is 6.42 Å². The van der Waals surface area contributed by atoms with Crippen molar-refractivity contribution in [2.24, 2.45) is 0 Å². The molecule has 1 heterocycles. The van der Waals surface area contributed by atoms with Crippen molar-refractivity contribution < 1.29 is 14.3 Å². The van der Waals surface area contributed by atoms with E-state index in [2.05, 4.69) is 5.32 Å². The fraction of sp³-hybridized carbons (Fsp3) is 0.235. The molecule has 2 aromatic carbocycles. The van der Waals surface area contributed by atoms with Crippen LogP contribution < -0.4 is 5.32 Å². The Balaban J connectivity index is 2.06. The first kappa shape index (κ1) is 13.8. The molecule has 0 saturated heterocycles. The molecule has 2 N–H and O–H groups in total. The number of benzene rings is 2. The average Bonchev–Trinajstić information content (AvgIpc) is 2.86. The zero-order valence-corrected chi connectivity index (χ0v) is 11.7. The second-order valence-corrected chi connectivity index (χ2v) is 5.22. The fourth-order valence-corrected chi connectivity index (χ4v) is 2.76. The van der Waals surface area contributed by atoms with Crippen LogP contribution >= 0.6 is 0 Å². The van der Waals surface area contributed by atoms with Crippen LogP contribution in [0.2, 0.25) is 0 Å². The average molecular weight is 285 g/mol. The highest BCUT2D eigenvalue weighted by Crippen LogP contribution is 2.33. The van der Waals surface area contributed by atoms with Crippen molar-refractivity contribution in [2.45, 2.75) is 25.9 Å². The second kappa shape index (κ2) is 5.30. The van der Waals surface area contributed by atoms with Gasteiger partial charge in [0.25, 0.3) is 0 Å². The first-order chi connectivity index (χ1) is 10.1. The summed E-state index contributed by atoms with van der Waals surface area (Å²) in [7, 11) is 0. The Hall–Kier alpha value is -2.20. The van der Waals surface area contributed by atoms with Gasteiger partial charge in [-0.15, -0.1) is 0 Å². The minimum Gasteiger partial charge on any atom is -0.384 e. The fourth-order valence-electron chi connectivity index (χ4n) is 2.76. The summed E-state index contributed by atoms with van der Waals surface area (Å²) in [4.78, 5) is 11.5. The highest BCUT2D eigenvalue weighted by atomic mass is 19.1. The van der Waals surface area contributed by atoms with Gasteiger partial charge >= 0.3 is 0 Å². The van der Waals surface area contributed by atoms with E-state index < -0.39 is 11.9 Å². The number of aryl methyl sites for hydroxylation is 1. The van der Waals surface area contributed by atoms with Crippen LogP contribution in [-0.4, -0.2) is 11.0 Å². The molecule has 1 aliphatic rings. The van der Waals surface area contributed by atoms with Gasteiger partial charge in [0, 0.05) is 11.3 Å². The molecule has 108 valence electrons. The molecule has 0 aliphatic carbocycles. The lowest BCUT2D eigenvalue weighted by Crippen LogP contribution is -2.05. The minimum atomic E-state index is -1.03. The number of aliphatic hydroxyl groups is 1. The van der Waals surface area contributed by atoms with E-state index in [1.165, 1.54) is 6.07 Å². The van der Waals surface area contributed by atoms with Crippen molar-refractivity contribution in [1.29, 1.82) is 0 Å². The zero-order chi connectivity index (χ0) is 15.0. The Morgan fingerprint density at radius 2 is 2.10 bits per heavy atom. The van der Waals surface area contributed by atoms with Crippen molar-refractivity contribution >= 4 is 11.6 Å². The molecule has 0 bridgehead atoms. The number of rotatable bonds is 3. The Morgan fingerprint density at radius 3 is 2.81 bits per heavy atom. The molecule has 0 saturated carbocycles. The molecule has 4 heteroatoms. The maximum Gasteiger partial charge on any atom is 0.228 e. The molecule has 0 aromatic heterocycles. The van der Waals surface area contributed by atoms with E-state index in [-0.39, 0.29) is 11.5 Å². The Labute approximate surface area is 122 Å². The summed E-state index contributed by atoms with van der Waals surface area (Å²) in [5.74, 6) is -0.477. The maximum absolute atomic E-state index is 13.8.